The Balaban J connectivity index is 0.00000361. The van der Waals surface area contributed by atoms with Crippen molar-refractivity contribution in [2.24, 2.45) is 0 Å². The lowest BCUT2D eigenvalue weighted by atomic mass is 9.87. The smallest absolute Gasteiger partial charge is 0.204 e. The number of methoxy groups -OCH3 is 3. The fourth-order valence-corrected chi connectivity index (χ4v) is 5.04. The maximum absolute atomic E-state index is 13.4. The predicted octanol–water partition coefficient (Wildman–Crippen LogP) is 4.24. The monoisotopic (exact) mass is 518 g/mol. The van der Waals surface area contributed by atoms with Crippen molar-refractivity contribution in [3.05, 3.63) is 47.0 Å². The van der Waals surface area contributed by atoms with Crippen molar-refractivity contribution in [2.45, 2.75) is 38.6 Å². The zero-order chi connectivity index (χ0) is 25.2. The van der Waals surface area contributed by atoms with E-state index in [0.29, 0.717) is 35.8 Å². The molecular formula is C28H39ClN2O5. The summed E-state index contributed by atoms with van der Waals surface area (Å²) >= 11 is 0. The van der Waals surface area contributed by atoms with Crippen molar-refractivity contribution in [1.29, 1.82) is 0 Å². The summed E-state index contributed by atoms with van der Waals surface area (Å²) in [5, 5.41) is 0. The zero-order valence-corrected chi connectivity index (χ0v) is 23.1. The van der Waals surface area contributed by atoms with E-state index in [0.717, 1.165) is 44.0 Å². The van der Waals surface area contributed by atoms with E-state index in [1.54, 1.807) is 21.3 Å². The third-order valence-corrected chi connectivity index (χ3v) is 7.12. The summed E-state index contributed by atoms with van der Waals surface area (Å²) in [6.07, 6.45) is 0.665. The molecule has 0 N–H and O–H groups in total. The number of fused-ring (bicyclic) bond motifs is 1. The normalized spacial score (nSPS) is 18.4. The van der Waals surface area contributed by atoms with Crippen molar-refractivity contribution in [2.75, 3.05) is 60.7 Å². The Morgan fingerprint density at radius 2 is 1.56 bits per heavy atom. The van der Waals surface area contributed by atoms with E-state index in [1.165, 1.54) is 5.56 Å². The molecule has 1 unspecified atom stereocenters. The van der Waals surface area contributed by atoms with Gasteiger partial charge in [-0.05, 0) is 41.2 Å². The van der Waals surface area contributed by atoms with Crippen LogP contribution in [0.5, 0.6) is 23.0 Å². The summed E-state index contributed by atoms with van der Waals surface area (Å²) in [5.41, 5.74) is 3.04. The highest BCUT2D eigenvalue weighted by Crippen LogP contribution is 2.45. The molecule has 1 atom stereocenters. The van der Waals surface area contributed by atoms with Crippen LogP contribution in [0, 0.1) is 0 Å². The molecule has 1 saturated heterocycles. The molecule has 2 aromatic rings. The van der Waals surface area contributed by atoms with Gasteiger partial charge >= 0.3 is 0 Å². The number of ketones is 1. The third kappa shape index (κ3) is 5.74. The Kier molecular flexibility index (Phi) is 9.14. The maximum atomic E-state index is 13.4. The fourth-order valence-electron chi connectivity index (χ4n) is 5.04. The molecule has 2 aromatic carbocycles. The molecule has 1 aliphatic heterocycles. The van der Waals surface area contributed by atoms with Crippen molar-refractivity contribution in [3.63, 3.8) is 0 Å². The Labute approximate surface area is 221 Å². The molecule has 4 rings (SSSR count). The van der Waals surface area contributed by atoms with Gasteiger partial charge in [-0.25, -0.2) is 0 Å². The quantitative estimate of drug-likeness (QED) is 0.518. The van der Waals surface area contributed by atoms with Gasteiger partial charge in [0.2, 0.25) is 5.75 Å². The summed E-state index contributed by atoms with van der Waals surface area (Å²) in [6.45, 7) is 11.7. The second-order valence-corrected chi connectivity index (χ2v) is 10.3. The van der Waals surface area contributed by atoms with Crippen LogP contribution in [0.2, 0.25) is 0 Å². The molecule has 1 aliphatic carbocycles. The van der Waals surface area contributed by atoms with E-state index >= 15 is 0 Å². The summed E-state index contributed by atoms with van der Waals surface area (Å²) < 4.78 is 22.5. The van der Waals surface area contributed by atoms with E-state index in [-0.39, 0.29) is 29.6 Å². The highest BCUT2D eigenvalue weighted by Gasteiger charge is 2.40. The van der Waals surface area contributed by atoms with Crippen LogP contribution in [0.3, 0.4) is 0 Å². The number of hydrogen-bond acceptors (Lipinski definition) is 7. The lowest BCUT2D eigenvalue weighted by Crippen LogP contribution is -2.52. The summed E-state index contributed by atoms with van der Waals surface area (Å²) in [7, 11) is 4.73. The fraction of sp³-hybridized carbons (Fsp3) is 0.536. The van der Waals surface area contributed by atoms with E-state index < -0.39 is 0 Å². The first-order chi connectivity index (χ1) is 16.8. The molecule has 0 amide bonds. The van der Waals surface area contributed by atoms with Gasteiger partial charge in [0.25, 0.3) is 0 Å². The maximum Gasteiger partial charge on any atom is 0.204 e. The zero-order valence-electron chi connectivity index (χ0n) is 22.3. The first-order valence-corrected chi connectivity index (χ1v) is 12.3. The molecule has 2 aliphatic rings. The van der Waals surface area contributed by atoms with Gasteiger partial charge in [-0.1, -0.05) is 32.9 Å². The van der Waals surface area contributed by atoms with Gasteiger partial charge in [0.15, 0.2) is 17.3 Å². The number of carbonyl (C=O) groups excluding carboxylic acids is 1. The number of hydrogen-bond donors (Lipinski definition) is 0. The lowest BCUT2D eigenvalue weighted by Gasteiger charge is -2.37. The molecule has 8 heteroatoms. The minimum absolute atomic E-state index is 0. The topological polar surface area (TPSA) is 60.5 Å². The second kappa shape index (κ2) is 11.7. The minimum atomic E-state index is -0.171. The Hall–Kier alpha value is -2.48. The van der Waals surface area contributed by atoms with E-state index in [1.807, 2.05) is 6.07 Å². The number of rotatable bonds is 8. The Morgan fingerprint density at radius 3 is 2.11 bits per heavy atom. The average Bonchev–Trinajstić information content (AvgIpc) is 3.18. The van der Waals surface area contributed by atoms with Gasteiger partial charge in [0.05, 0.1) is 32.9 Å². The second-order valence-electron chi connectivity index (χ2n) is 10.3. The number of carbonyl (C=O) groups is 1. The predicted molar refractivity (Wildman–Crippen MR) is 144 cm³/mol. The summed E-state index contributed by atoms with van der Waals surface area (Å²) in [6, 6.07) is 10.1. The van der Waals surface area contributed by atoms with Crippen LogP contribution in [-0.4, -0.2) is 82.3 Å². The largest absolute Gasteiger partial charge is 0.493 e. The van der Waals surface area contributed by atoms with Gasteiger partial charge in [-0.2, -0.15) is 0 Å². The van der Waals surface area contributed by atoms with Crippen LogP contribution < -0.4 is 18.9 Å². The Morgan fingerprint density at radius 1 is 0.917 bits per heavy atom. The summed E-state index contributed by atoms with van der Waals surface area (Å²) in [4.78, 5) is 18.1. The lowest BCUT2D eigenvalue weighted by molar-refractivity contribution is 0.0665. The van der Waals surface area contributed by atoms with Gasteiger partial charge in [-0.3, -0.25) is 14.6 Å². The minimum Gasteiger partial charge on any atom is -0.493 e. The molecule has 1 heterocycles. The first kappa shape index (κ1) is 28.1. The number of ether oxygens (including phenoxy) is 4. The molecule has 1 fully saturated rings. The van der Waals surface area contributed by atoms with Gasteiger partial charge in [-0.15, -0.1) is 12.4 Å². The first-order valence-electron chi connectivity index (χ1n) is 12.3. The number of halogens is 1. The number of piperazine rings is 1. The van der Waals surface area contributed by atoms with Crippen LogP contribution >= 0.6 is 12.4 Å². The van der Waals surface area contributed by atoms with E-state index in [4.69, 9.17) is 18.9 Å². The molecular weight excluding hydrogens is 480 g/mol. The van der Waals surface area contributed by atoms with Gasteiger partial charge < -0.3 is 18.9 Å². The highest BCUT2D eigenvalue weighted by molar-refractivity contribution is 6.07. The molecule has 0 radical (unpaired) electrons. The molecule has 0 bridgehead atoms. The summed E-state index contributed by atoms with van der Waals surface area (Å²) in [5.74, 6) is 2.55. The third-order valence-electron chi connectivity index (χ3n) is 7.12. The molecule has 7 nitrogen and oxygen atoms in total. The van der Waals surface area contributed by atoms with Crippen molar-refractivity contribution < 1.29 is 23.7 Å². The average molecular weight is 519 g/mol. The van der Waals surface area contributed by atoms with E-state index in [2.05, 4.69) is 54.8 Å². The number of benzene rings is 2. The number of Topliss-reactive ketones (excluding diaryl/α,β-unsaturated/α-hetero) is 1. The number of nitrogens with zero attached hydrogens (tertiary/aromatic N) is 2. The molecule has 0 aromatic heterocycles. The van der Waals surface area contributed by atoms with Crippen LogP contribution in [0.25, 0.3) is 0 Å². The van der Waals surface area contributed by atoms with Crippen molar-refractivity contribution in [3.8, 4) is 23.0 Å². The highest BCUT2D eigenvalue weighted by atomic mass is 35.5. The molecule has 36 heavy (non-hydrogen) atoms. The molecule has 0 spiro atoms. The van der Waals surface area contributed by atoms with Crippen molar-refractivity contribution in [1.82, 2.24) is 9.80 Å². The molecule has 198 valence electrons. The Bertz CT molecular complexity index is 1040. The van der Waals surface area contributed by atoms with Crippen molar-refractivity contribution >= 4 is 18.2 Å². The van der Waals surface area contributed by atoms with Crippen LogP contribution in [0.15, 0.2) is 30.3 Å². The van der Waals surface area contributed by atoms with Crippen LogP contribution in [0.1, 0.15) is 42.3 Å². The molecule has 0 saturated carbocycles. The SMILES string of the molecule is COc1cc2c(c(OC)c1OC)C(=O)C(N1CCN(CCOc3ccc(C(C)(C)C)cc3)CC1)C2.Cl. The van der Waals surface area contributed by atoms with E-state index in [9.17, 15) is 4.79 Å². The standard InChI is InChI=1S/C28H38N2O5.ClH/c1-28(2,3)20-7-9-21(10-8-20)35-16-15-29-11-13-30(14-12-29)22-17-19-18-23(32-4)26(33-5)27(34-6)24(19)25(22)31;/h7-10,18,22H,11-17H2,1-6H3;1H. The van der Waals surface area contributed by atoms with Gasteiger partial charge in [0.1, 0.15) is 12.4 Å². The van der Waals surface area contributed by atoms with Crippen LogP contribution in [-0.2, 0) is 11.8 Å². The van der Waals surface area contributed by atoms with Gasteiger partial charge in [0, 0.05) is 32.7 Å². The van der Waals surface area contributed by atoms with Crippen LogP contribution in [0.4, 0.5) is 0 Å².